The van der Waals surface area contributed by atoms with Crippen LogP contribution in [0.3, 0.4) is 0 Å². The molecule has 0 aliphatic carbocycles. The highest BCUT2D eigenvalue weighted by molar-refractivity contribution is 5.94. The van der Waals surface area contributed by atoms with Crippen LogP contribution in [0.5, 0.6) is 5.75 Å². The molecule has 0 saturated carbocycles. The monoisotopic (exact) mass is 306 g/mol. The maximum Gasteiger partial charge on any atom is 0.254 e. The standard InChI is InChI=1S/C16H16F2N2O2/c1-2-11(22-15-6-4-3-5-13(15)17)9-20-16(21)12-7-8-19-10-14(12)18/h3-8,10-11H,2,9H2,1H3,(H,20,21)/t11-/m1/s1. The van der Waals surface area contributed by atoms with E-state index < -0.39 is 23.6 Å². The molecule has 22 heavy (non-hydrogen) atoms. The van der Waals surface area contributed by atoms with E-state index >= 15 is 0 Å². The first kappa shape index (κ1) is 15.9. The van der Waals surface area contributed by atoms with Crippen molar-refractivity contribution >= 4 is 5.91 Å². The van der Waals surface area contributed by atoms with Crippen molar-refractivity contribution in [1.29, 1.82) is 0 Å². The fourth-order valence-electron chi connectivity index (χ4n) is 1.85. The quantitative estimate of drug-likeness (QED) is 0.892. The predicted molar refractivity (Wildman–Crippen MR) is 77.6 cm³/mol. The molecule has 2 aromatic rings. The molecule has 2 rings (SSSR count). The summed E-state index contributed by atoms with van der Waals surface area (Å²) in [6.45, 7) is 2.00. The van der Waals surface area contributed by atoms with Gasteiger partial charge in [0, 0.05) is 6.20 Å². The predicted octanol–water partition coefficient (Wildman–Crippen LogP) is 2.95. The van der Waals surface area contributed by atoms with Crippen LogP contribution in [-0.2, 0) is 0 Å². The first-order chi connectivity index (χ1) is 10.6. The van der Waals surface area contributed by atoms with E-state index in [2.05, 4.69) is 10.3 Å². The molecule has 1 N–H and O–H groups in total. The molecular formula is C16H16F2N2O2. The lowest BCUT2D eigenvalue weighted by Crippen LogP contribution is -2.35. The molecule has 1 aromatic heterocycles. The highest BCUT2D eigenvalue weighted by Crippen LogP contribution is 2.17. The lowest BCUT2D eigenvalue weighted by molar-refractivity contribution is 0.0920. The van der Waals surface area contributed by atoms with Crippen LogP contribution in [0.4, 0.5) is 8.78 Å². The lowest BCUT2D eigenvalue weighted by Gasteiger charge is -2.18. The summed E-state index contributed by atoms with van der Waals surface area (Å²) in [6.07, 6.45) is 2.46. The summed E-state index contributed by atoms with van der Waals surface area (Å²) in [6, 6.07) is 7.34. The lowest BCUT2D eigenvalue weighted by atomic mass is 10.2. The molecule has 1 heterocycles. The van der Waals surface area contributed by atoms with Crippen molar-refractivity contribution in [1.82, 2.24) is 10.3 Å². The number of rotatable bonds is 6. The van der Waals surface area contributed by atoms with Gasteiger partial charge in [-0.1, -0.05) is 19.1 Å². The molecule has 0 unspecified atom stereocenters. The van der Waals surface area contributed by atoms with Gasteiger partial charge in [0.2, 0.25) is 0 Å². The number of para-hydroxylation sites is 1. The van der Waals surface area contributed by atoms with Gasteiger partial charge in [0.15, 0.2) is 17.4 Å². The molecular weight excluding hydrogens is 290 g/mol. The summed E-state index contributed by atoms with van der Waals surface area (Å²) in [4.78, 5) is 15.5. The number of nitrogens with one attached hydrogen (secondary N) is 1. The Morgan fingerprint density at radius 1 is 1.27 bits per heavy atom. The number of carbonyl (C=O) groups excluding carboxylic acids is 1. The third kappa shape index (κ3) is 4.00. The van der Waals surface area contributed by atoms with Gasteiger partial charge >= 0.3 is 0 Å². The highest BCUT2D eigenvalue weighted by Gasteiger charge is 2.15. The Labute approximate surface area is 127 Å². The molecule has 1 aromatic carbocycles. The van der Waals surface area contributed by atoms with Crippen molar-refractivity contribution in [3.63, 3.8) is 0 Å². The molecule has 116 valence electrons. The molecule has 0 spiro atoms. The number of benzene rings is 1. The Morgan fingerprint density at radius 3 is 2.73 bits per heavy atom. The van der Waals surface area contributed by atoms with Gasteiger partial charge in [0.25, 0.3) is 5.91 Å². The highest BCUT2D eigenvalue weighted by atomic mass is 19.1. The van der Waals surface area contributed by atoms with Crippen LogP contribution >= 0.6 is 0 Å². The SMILES string of the molecule is CC[C@H](CNC(=O)c1ccncc1F)Oc1ccccc1F. The summed E-state index contributed by atoms with van der Waals surface area (Å²) in [5.74, 6) is -1.59. The molecule has 6 heteroatoms. The largest absolute Gasteiger partial charge is 0.486 e. The van der Waals surface area contributed by atoms with Gasteiger partial charge < -0.3 is 10.1 Å². The second-order valence-corrected chi connectivity index (χ2v) is 4.64. The first-order valence-corrected chi connectivity index (χ1v) is 6.90. The number of hydrogen-bond acceptors (Lipinski definition) is 3. The maximum absolute atomic E-state index is 13.5. The Hall–Kier alpha value is -2.50. The van der Waals surface area contributed by atoms with E-state index in [1.54, 1.807) is 12.1 Å². The van der Waals surface area contributed by atoms with Gasteiger partial charge in [0.05, 0.1) is 18.3 Å². The number of ether oxygens (including phenoxy) is 1. The summed E-state index contributed by atoms with van der Waals surface area (Å²) in [5, 5.41) is 2.58. The van der Waals surface area contributed by atoms with Crippen LogP contribution in [0.15, 0.2) is 42.7 Å². The molecule has 0 aliphatic rings. The first-order valence-electron chi connectivity index (χ1n) is 6.90. The average molecular weight is 306 g/mol. The number of hydrogen-bond donors (Lipinski definition) is 1. The minimum Gasteiger partial charge on any atom is -0.486 e. The second kappa shape index (κ2) is 7.49. The number of amides is 1. The van der Waals surface area contributed by atoms with Gasteiger partial charge in [-0.15, -0.1) is 0 Å². The van der Waals surface area contributed by atoms with Crippen LogP contribution in [0.25, 0.3) is 0 Å². The van der Waals surface area contributed by atoms with Crippen molar-refractivity contribution in [3.8, 4) is 5.75 Å². The summed E-state index contributed by atoms with van der Waals surface area (Å²) in [5.41, 5.74) is -0.0873. The van der Waals surface area contributed by atoms with E-state index in [4.69, 9.17) is 4.74 Å². The number of halogens is 2. The molecule has 1 atom stereocenters. The minimum atomic E-state index is -0.692. The van der Waals surface area contributed by atoms with Crippen molar-refractivity contribution in [2.45, 2.75) is 19.4 Å². The Kier molecular flexibility index (Phi) is 5.41. The average Bonchev–Trinajstić information content (AvgIpc) is 2.53. The number of pyridine rings is 1. The van der Waals surface area contributed by atoms with Crippen molar-refractivity contribution in [2.24, 2.45) is 0 Å². The molecule has 0 bridgehead atoms. The van der Waals surface area contributed by atoms with Gasteiger partial charge in [-0.2, -0.15) is 0 Å². The Balaban J connectivity index is 1.95. The zero-order valence-electron chi connectivity index (χ0n) is 12.1. The second-order valence-electron chi connectivity index (χ2n) is 4.64. The summed E-state index contributed by atoms with van der Waals surface area (Å²) >= 11 is 0. The van der Waals surface area contributed by atoms with Gasteiger partial charge in [-0.05, 0) is 24.6 Å². The van der Waals surface area contributed by atoms with Crippen LogP contribution in [-0.4, -0.2) is 23.5 Å². The van der Waals surface area contributed by atoms with Crippen molar-refractivity contribution < 1.29 is 18.3 Å². The van der Waals surface area contributed by atoms with E-state index in [9.17, 15) is 13.6 Å². The van der Waals surface area contributed by atoms with Crippen LogP contribution < -0.4 is 10.1 Å². The number of nitrogens with zero attached hydrogens (tertiary/aromatic N) is 1. The third-order valence-electron chi connectivity index (χ3n) is 3.09. The summed E-state index contributed by atoms with van der Waals surface area (Å²) in [7, 11) is 0. The van der Waals surface area contributed by atoms with E-state index in [-0.39, 0.29) is 17.9 Å². The van der Waals surface area contributed by atoms with Crippen molar-refractivity contribution in [3.05, 3.63) is 59.9 Å². The normalized spacial score (nSPS) is 11.8. The van der Waals surface area contributed by atoms with Crippen LogP contribution in [0, 0.1) is 11.6 Å². The van der Waals surface area contributed by atoms with E-state index in [0.717, 1.165) is 6.20 Å². The fraction of sp³-hybridized carbons (Fsp3) is 0.250. The Bertz CT molecular complexity index is 650. The smallest absolute Gasteiger partial charge is 0.254 e. The zero-order chi connectivity index (χ0) is 15.9. The molecule has 0 saturated heterocycles. The Morgan fingerprint density at radius 2 is 2.05 bits per heavy atom. The molecule has 0 radical (unpaired) electrons. The number of aromatic nitrogens is 1. The van der Waals surface area contributed by atoms with E-state index in [1.807, 2.05) is 6.92 Å². The maximum atomic E-state index is 13.5. The number of carbonyl (C=O) groups is 1. The third-order valence-corrected chi connectivity index (χ3v) is 3.09. The molecule has 0 fully saturated rings. The minimum absolute atomic E-state index is 0.0873. The van der Waals surface area contributed by atoms with Crippen molar-refractivity contribution in [2.75, 3.05) is 6.54 Å². The topological polar surface area (TPSA) is 51.2 Å². The van der Waals surface area contributed by atoms with Crippen LogP contribution in [0.1, 0.15) is 23.7 Å². The molecule has 0 aliphatic heterocycles. The molecule has 1 amide bonds. The van der Waals surface area contributed by atoms with Crippen LogP contribution in [0.2, 0.25) is 0 Å². The van der Waals surface area contributed by atoms with Gasteiger partial charge in [-0.25, -0.2) is 8.78 Å². The molecule has 4 nitrogen and oxygen atoms in total. The summed E-state index contributed by atoms with van der Waals surface area (Å²) < 4.78 is 32.5. The zero-order valence-corrected chi connectivity index (χ0v) is 12.1. The van der Waals surface area contributed by atoms with E-state index in [1.165, 1.54) is 24.4 Å². The van der Waals surface area contributed by atoms with E-state index in [0.29, 0.717) is 6.42 Å². The van der Waals surface area contributed by atoms with Gasteiger partial charge in [0.1, 0.15) is 6.10 Å². The fourth-order valence-corrected chi connectivity index (χ4v) is 1.85. The van der Waals surface area contributed by atoms with Gasteiger partial charge in [-0.3, -0.25) is 9.78 Å².